The van der Waals surface area contributed by atoms with E-state index in [-0.39, 0.29) is 0 Å². The molecule has 0 saturated heterocycles. The number of pyridine rings is 1. The van der Waals surface area contributed by atoms with Crippen LogP contribution in [-0.4, -0.2) is 24.9 Å². The summed E-state index contributed by atoms with van der Waals surface area (Å²) in [6.45, 7) is 0. The van der Waals surface area contributed by atoms with Crippen molar-refractivity contribution in [2.45, 2.75) is 0 Å². The summed E-state index contributed by atoms with van der Waals surface area (Å²) in [6.07, 6.45) is 3.55. The Kier molecular flexibility index (Phi) is 7.02. The summed E-state index contributed by atoms with van der Waals surface area (Å²) >= 11 is 0. The van der Waals surface area contributed by atoms with Crippen LogP contribution in [0, 0.1) is 0 Å². The highest BCUT2D eigenvalue weighted by Crippen LogP contribution is 2.33. The molecule has 0 aliphatic heterocycles. The van der Waals surface area contributed by atoms with Crippen LogP contribution in [0.4, 0.5) is 0 Å². The molecule has 0 aliphatic carbocycles. The van der Waals surface area contributed by atoms with Gasteiger partial charge in [0.1, 0.15) is 5.52 Å². The molecule has 0 bridgehead atoms. The summed E-state index contributed by atoms with van der Waals surface area (Å²) in [5, 5.41) is 0.857. The van der Waals surface area contributed by atoms with Gasteiger partial charge in [0.25, 0.3) is 0 Å². The van der Waals surface area contributed by atoms with Gasteiger partial charge < -0.3 is 4.42 Å². The standard InChI is InChI=1S/C43H27N5O/c1-4-10-28(11-5-1)30-16-18-31(19-17-30)37-25-38(47-42(46-37)33-14-8-3-9-15-33)32-20-22-34(23-21-32)41-44-27-39-40(48-41)36-24-35(26-45-43(36)49-39)29-12-6-2-7-13-29/h1-27H. The lowest BCUT2D eigenvalue weighted by molar-refractivity contribution is 0.651. The van der Waals surface area contributed by atoms with Gasteiger partial charge in [-0.05, 0) is 28.8 Å². The number of fused-ring (bicyclic) bond motifs is 3. The van der Waals surface area contributed by atoms with Crippen molar-refractivity contribution in [2.24, 2.45) is 0 Å². The molecule has 0 radical (unpaired) electrons. The second-order valence-corrected chi connectivity index (χ2v) is 11.8. The topological polar surface area (TPSA) is 77.6 Å². The average Bonchev–Trinajstić information content (AvgIpc) is 3.56. The molecule has 0 atom stereocenters. The van der Waals surface area contributed by atoms with E-state index in [2.05, 4.69) is 94.9 Å². The Morgan fingerprint density at radius 3 is 1.47 bits per heavy atom. The fraction of sp³-hybridized carbons (Fsp3) is 0. The van der Waals surface area contributed by atoms with Gasteiger partial charge in [-0.2, -0.15) is 0 Å². The molecule has 6 nitrogen and oxygen atoms in total. The average molecular weight is 630 g/mol. The van der Waals surface area contributed by atoms with E-state index in [1.54, 1.807) is 6.20 Å². The van der Waals surface area contributed by atoms with Crippen LogP contribution < -0.4 is 0 Å². The largest absolute Gasteiger partial charge is 0.434 e. The van der Waals surface area contributed by atoms with Crippen molar-refractivity contribution in [2.75, 3.05) is 0 Å². The Hall–Kier alpha value is -6.79. The highest BCUT2D eigenvalue weighted by molar-refractivity contribution is 6.02. The van der Waals surface area contributed by atoms with Crippen LogP contribution in [0.25, 0.3) is 89.7 Å². The second-order valence-electron chi connectivity index (χ2n) is 11.8. The monoisotopic (exact) mass is 629 g/mol. The molecular formula is C43H27N5O. The van der Waals surface area contributed by atoms with Crippen LogP contribution in [0.2, 0.25) is 0 Å². The van der Waals surface area contributed by atoms with Gasteiger partial charge in [-0.15, -0.1) is 0 Å². The van der Waals surface area contributed by atoms with Crippen molar-refractivity contribution in [1.29, 1.82) is 0 Å². The Morgan fingerprint density at radius 2 is 0.857 bits per heavy atom. The molecule has 230 valence electrons. The fourth-order valence-corrected chi connectivity index (χ4v) is 6.09. The SMILES string of the molecule is c1ccc(-c2ccc(-c3cc(-c4ccc(-c5ncc6oc7ncc(-c8ccccc8)cc7c6n5)cc4)nc(-c4ccccc4)n3)cc2)cc1. The highest BCUT2D eigenvalue weighted by Gasteiger charge is 2.15. The summed E-state index contributed by atoms with van der Waals surface area (Å²) in [6, 6.07) is 51.5. The highest BCUT2D eigenvalue weighted by atomic mass is 16.3. The molecule has 0 aliphatic rings. The molecule has 0 fully saturated rings. The smallest absolute Gasteiger partial charge is 0.229 e. The van der Waals surface area contributed by atoms with Crippen LogP contribution in [0.5, 0.6) is 0 Å². The van der Waals surface area contributed by atoms with Gasteiger partial charge in [-0.3, -0.25) is 0 Å². The normalized spacial score (nSPS) is 11.3. The number of hydrogen-bond acceptors (Lipinski definition) is 6. The summed E-state index contributed by atoms with van der Waals surface area (Å²) in [5.74, 6) is 1.28. The predicted octanol–water partition coefficient (Wildman–Crippen LogP) is 10.6. The molecule has 4 aromatic heterocycles. The number of benzene rings is 5. The molecule has 0 unspecified atom stereocenters. The number of nitrogens with zero attached hydrogens (tertiary/aromatic N) is 5. The second kappa shape index (κ2) is 12.1. The van der Waals surface area contributed by atoms with Crippen LogP contribution >= 0.6 is 0 Å². The number of hydrogen-bond donors (Lipinski definition) is 0. The molecule has 0 amide bonds. The van der Waals surface area contributed by atoms with Gasteiger partial charge in [-0.25, -0.2) is 24.9 Å². The van der Waals surface area contributed by atoms with Gasteiger partial charge in [0, 0.05) is 34.0 Å². The maximum atomic E-state index is 5.99. The van der Waals surface area contributed by atoms with Gasteiger partial charge in [0.15, 0.2) is 17.2 Å². The molecule has 5 aromatic carbocycles. The third kappa shape index (κ3) is 5.51. The quantitative estimate of drug-likeness (QED) is 0.182. The van der Waals surface area contributed by atoms with E-state index in [9.17, 15) is 0 Å². The fourth-order valence-electron chi connectivity index (χ4n) is 6.09. The molecule has 9 aromatic rings. The molecular weight excluding hydrogens is 603 g/mol. The Balaban J connectivity index is 1.08. The number of furan rings is 1. The Morgan fingerprint density at radius 1 is 0.367 bits per heavy atom. The lowest BCUT2D eigenvalue weighted by atomic mass is 10.0. The minimum absolute atomic E-state index is 0.542. The van der Waals surface area contributed by atoms with Crippen molar-refractivity contribution < 1.29 is 4.42 Å². The van der Waals surface area contributed by atoms with Crippen LogP contribution in [-0.2, 0) is 0 Å². The minimum atomic E-state index is 0.542. The van der Waals surface area contributed by atoms with Crippen molar-refractivity contribution in [3.63, 3.8) is 0 Å². The van der Waals surface area contributed by atoms with Crippen LogP contribution in [0.15, 0.2) is 168 Å². The zero-order valence-electron chi connectivity index (χ0n) is 26.2. The van der Waals surface area contributed by atoms with E-state index < -0.39 is 0 Å². The van der Waals surface area contributed by atoms with E-state index in [0.29, 0.717) is 22.9 Å². The van der Waals surface area contributed by atoms with Crippen molar-refractivity contribution in [1.82, 2.24) is 24.9 Å². The van der Waals surface area contributed by atoms with Crippen molar-refractivity contribution >= 4 is 22.2 Å². The third-order valence-corrected chi connectivity index (χ3v) is 8.66. The number of aromatic nitrogens is 5. The third-order valence-electron chi connectivity index (χ3n) is 8.66. The van der Waals surface area contributed by atoms with Crippen molar-refractivity contribution in [3.05, 3.63) is 164 Å². The van der Waals surface area contributed by atoms with Gasteiger partial charge in [0.2, 0.25) is 5.71 Å². The molecule has 4 heterocycles. The summed E-state index contributed by atoms with van der Waals surface area (Å²) in [5.41, 5.74) is 11.9. The lowest BCUT2D eigenvalue weighted by Gasteiger charge is -2.10. The lowest BCUT2D eigenvalue weighted by Crippen LogP contribution is -1.96. The van der Waals surface area contributed by atoms with E-state index >= 15 is 0 Å². The summed E-state index contributed by atoms with van der Waals surface area (Å²) in [4.78, 5) is 24.1. The van der Waals surface area contributed by atoms with E-state index in [1.807, 2.05) is 72.9 Å². The van der Waals surface area contributed by atoms with Gasteiger partial charge >= 0.3 is 0 Å². The van der Waals surface area contributed by atoms with Gasteiger partial charge in [-0.1, -0.05) is 140 Å². The first-order valence-electron chi connectivity index (χ1n) is 16.1. The molecule has 6 heteroatoms. The predicted molar refractivity (Wildman–Crippen MR) is 195 cm³/mol. The Bertz CT molecular complexity index is 2570. The van der Waals surface area contributed by atoms with E-state index in [0.717, 1.165) is 61.2 Å². The van der Waals surface area contributed by atoms with Crippen LogP contribution in [0.3, 0.4) is 0 Å². The zero-order valence-corrected chi connectivity index (χ0v) is 26.2. The Labute approximate surface area is 282 Å². The maximum Gasteiger partial charge on any atom is 0.229 e. The van der Waals surface area contributed by atoms with Gasteiger partial charge in [0.05, 0.1) is 23.0 Å². The molecule has 9 rings (SSSR count). The molecule has 0 N–H and O–H groups in total. The zero-order chi connectivity index (χ0) is 32.6. The molecule has 49 heavy (non-hydrogen) atoms. The van der Waals surface area contributed by atoms with E-state index in [1.165, 1.54) is 5.56 Å². The van der Waals surface area contributed by atoms with Crippen LogP contribution in [0.1, 0.15) is 0 Å². The first-order valence-corrected chi connectivity index (χ1v) is 16.1. The summed E-state index contributed by atoms with van der Waals surface area (Å²) in [7, 11) is 0. The minimum Gasteiger partial charge on any atom is -0.434 e. The summed E-state index contributed by atoms with van der Waals surface area (Å²) < 4.78 is 5.99. The molecule has 0 saturated carbocycles. The first kappa shape index (κ1) is 28.4. The maximum absolute atomic E-state index is 5.99. The number of rotatable bonds is 6. The first-order chi connectivity index (χ1) is 24.2. The van der Waals surface area contributed by atoms with Crippen molar-refractivity contribution in [3.8, 4) is 67.5 Å². The van der Waals surface area contributed by atoms with E-state index in [4.69, 9.17) is 19.4 Å². The molecule has 0 spiro atoms.